The van der Waals surface area contributed by atoms with E-state index in [1.165, 1.54) is 24.2 Å². The number of nitrogens with zero attached hydrogens (tertiary/aromatic N) is 1. The molecule has 0 amide bonds. The van der Waals surface area contributed by atoms with Crippen LogP contribution in [0.2, 0.25) is 4.34 Å². The SMILES string of the molecule is CC(C)C1CCCN1CC(=O)c1ccc(Cl)s1. The van der Waals surface area contributed by atoms with Crippen LogP contribution >= 0.6 is 22.9 Å². The minimum Gasteiger partial charge on any atom is -0.293 e. The lowest BCUT2D eigenvalue weighted by atomic mass is 10.0. The Kier molecular flexibility index (Phi) is 4.23. The van der Waals surface area contributed by atoms with Crippen molar-refractivity contribution in [1.29, 1.82) is 0 Å². The Bertz CT molecular complexity index is 402. The van der Waals surface area contributed by atoms with Crippen molar-refractivity contribution in [2.24, 2.45) is 5.92 Å². The van der Waals surface area contributed by atoms with Crippen molar-refractivity contribution < 1.29 is 4.79 Å². The molecule has 1 aliphatic heterocycles. The highest BCUT2D eigenvalue weighted by molar-refractivity contribution is 7.18. The molecule has 1 aromatic heterocycles. The molecule has 1 saturated heterocycles. The first-order valence-electron chi connectivity index (χ1n) is 6.10. The highest BCUT2D eigenvalue weighted by Gasteiger charge is 2.28. The first kappa shape index (κ1) is 13.1. The molecule has 0 radical (unpaired) electrons. The lowest BCUT2D eigenvalue weighted by Crippen LogP contribution is -2.37. The summed E-state index contributed by atoms with van der Waals surface area (Å²) >= 11 is 7.23. The molecule has 4 heteroatoms. The van der Waals surface area contributed by atoms with Crippen LogP contribution in [0.1, 0.15) is 36.4 Å². The van der Waals surface area contributed by atoms with Crippen molar-refractivity contribution in [3.63, 3.8) is 0 Å². The molecule has 1 aliphatic rings. The number of thiophene rings is 1. The van der Waals surface area contributed by atoms with Crippen molar-refractivity contribution in [1.82, 2.24) is 4.90 Å². The molecule has 0 spiro atoms. The molecule has 1 unspecified atom stereocenters. The fraction of sp³-hybridized carbons (Fsp3) is 0.615. The van der Waals surface area contributed by atoms with Gasteiger partial charge in [-0.05, 0) is 37.4 Å². The summed E-state index contributed by atoms with van der Waals surface area (Å²) in [6.07, 6.45) is 2.43. The van der Waals surface area contributed by atoms with E-state index in [1.807, 2.05) is 6.07 Å². The third-order valence-electron chi connectivity index (χ3n) is 3.38. The summed E-state index contributed by atoms with van der Waals surface area (Å²) in [5, 5.41) is 0. The molecule has 1 aromatic rings. The van der Waals surface area contributed by atoms with Gasteiger partial charge in [0.05, 0.1) is 15.8 Å². The molecule has 0 N–H and O–H groups in total. The Morgan fingerprint density at radius 1 is 1.59 bits per heavy atom. The molecule has 0 aliphatic carbocycles. The molecule has 1 fully saturated rings. The average Bonchev–Trinajstić information content (AvgIpc) is 2.86. The fourth-order valence-electron chi connectivity index (χ4n) is 2.53. The monoisotopic (exact) mass is 271 g/mol. The van der Waals surface area contributed by atoms with Crippen LogP contribution < -0.4 is 0 Å². The van der Waals surface area contributed by atoms with Gasteiger partial charge in [-0.3, -0.25) is 9.69 Å². The van der Waals surface area contributed by atoms with E-state index in [2.05, 4.69) is 18.7 Å². The van der Waals surface area contributed by atoms with Crippen LogP contribution in [0.25, 0.3) is 0 Å². The number of hydrogen-bond acceptors (Lipinski definition) is 3. The van der Waals surface area contributed by atoms with Crippen LogP contribution in [-0.2, 0) is 0 Å². The number of likely N-dealkylation sites (tertiary alicyclic amines) is 1. The second-order valence-electron chi connectivity index (χ2n) is 4.95. The normalized spacial score (nSPS) is 21.3. The molecule has 0 bridgehead atoms. The molecule has 1 atom stereocenters. The fourth-order valence-corrected chi connectivity index (χ4v) is 3.50. The van der Waals surface area contributed by atoms with Gasteiger partial charge in [0.2, 0.25) is 0 Å². The van der Waals surface area contributed by atoms with Crippen LogP contribution in [-0.4, -0.2) is 29.8 Å². The van der Waals surface area contributed by atoms with E-state index in [4.69, 9.17) is 11.6 Å². The van der Waals surface area contributed by atoms with Gasteiger partial charge in [0.25, 0.3) is 0 Å². The maximum atomic E-state index is 12.1. The van der Waals surface area contributed by atoms with E-state index >= 15 is 0 Å². The van der Waals surface area contributed by atoms with E-state index in [-0.39, 0.29) is 5.78 Å². The smallest absolute Gasteiger partial charge is 0.186 e. The van der Waals surface area contributed by atoms with Crippen molar-refractivity contribution in [2.75, 3.05) is 13.1 Å². The minimum absolute atomic E-state index is 0.203. The van der Waals surface area contributed by atoms with Crippen LogP contribution in [0.5, 0.6) is 0 Å². The first-order chi connectivity index (χ1) is 8.08. The number of halogens is 1. The first-order valence-corrected chi connectivity index (χ1v) is 7.30. The average molecular weight is 272 g/mol. The van der Waals surface area contributed by atoms with Crippen LogP contribution in [0, 0.1) is 5.92 Å². The highest BCUT2D eigenvalue weighted by Crippen LogP contribution is 2.26. The number of ketones is 1. The highest BCUT2D eigenvalue weighted by atomic mass is 35.5. The van der Waals surface area contributed by atoms with E-state index in [0.29, 0.717) is 22.8 Å². The molecule has 0 saturated carbocycles. The third kappa shape index (κ3) is 3.09. The van der Waals surface area contributed by atoms with Crippen LogP contribution in [0.3, 0.4) is 0 Å². The Morgan fingerprint density at radius 2 is 2.35 bits per heavy atom. The quantitative estimate of drug-likeness (QED) is 0.778. The number of hydrogen-bond donors (Lipinski definition) is 0. The Morgan fingerprint density at radius 3 is 2.94 bits per heavy atom. The van der Waals surface area contributed by atoms with E-state index in [1.54, 1.807) is 6.07 Å². The van der Waals surface area contributed by atoms with Gasteiger partial charge >= 0.3 is 0 Å². The Balaban J connectivity index is 1.99. The van der Waals surface area contributed by atoms with Gasteiger partial charge in [0.15, 0.2) is 5.78 Å². The van der Waals surface area contributed by atoms with Crippen molar-refractivity contribution in [3.05, 3.63) is 21.3 Å². The zero-order valence-electron chi connectivity index (χ0n) is 10.3. The number of Topliss-reactive ketones (excluding diaryl/α,β-unsaturated/α-hetero) is 1. The van der Waals surface area contributed by atoms with Gasteiger partial charge in [-0.15, -0.1) is 11.3 Å². The summed E-state index contributed by atoms with van der Waals surface area (Å²) in [5.41, 5.74) is 0. The lowest BCUT2D eigenvalue weighted by Gasteiger charge is -2.26. The molecule has 17 heavy (non-hydrogen) atoms. The Labute approximate surface area is 112 Å². The molecule has 2 rings (SSSR count). The summed E-state index contributed by atoms with van der Waals surface area (Å²) in [4.78, 5) is 15.2. The summed E-state index contributed by atoms with van der Waals surface area (Å²) in [6.45, 7) is 6.05. The predicted octanol–water partition coefficient (Wildman–Crippen LogP) is 3.70. The van der Waals surface area contributed by atoms with Gasteiger partial charge in [0.1, 0.15) is 0 Å². The van der Waals surface area contributed by atoms with Crippen LogP contribution in [0.4, 0.5) is 0 Å². The zero-order chi connectivity index (χ0) is 12.4. The predicted molar refractivity (Wildman–Crippen MR) is 73.1 cm³/mol. The van der Waals surface area contributed by atoms with E-state index in [9.17, 15) is 4.79 Å². The van der Waals surface area contributed by atoms with Crippen LogP contribution in [0.15, 0.2) is 12.1 Å². The van der Waals surface area contributed by atoms with E-state index < -0.39 is 0 Å². The minimum atomic E-state index is 0.203. The second-order valence-corrected chi connectivity index (χ2v) is 6.67. The summed E-state index contributed by atoms with van der Waals surface area (Å²) in [5.74, 6) is 0.826. The maximum absolute atomic E-state index is 12.1. The van der Waals surface area contributed by atoms with E-state index in [0.717, 1.165) is 11.4 Å². The summed E-state index contributed by atoms with van der Waals surface area (Å²) < 4.78 is 0.690. The second kappa shape index (κ2) is 5.51. The van der Waals surface area contributed by atoms with Gasteiger partial charge in [-0.2, -0.15) is 0 Å². The van der Waals surface area contributed by atoms with Gasteiger partial charge < -0.3 is 0 Å². The Hall–Kier alpha value is -0.380. The molecular weight excluding hydrogens is 254 g/mol. The lowest BCUT2D eigenvalue weighted by molar-refractivity contribution is 0.0908. The van der Waals surface area contributed by atoms with Crippen molar-refractivity contribution >= 4 is 28.7 Å². The van der Waals surface area contributed by atoms with Gasteiger partial charge in [-0.1, -0.05) is 25.4 Å². The summed E-state index contributed by atoms with van der Waals surface area (Å²) in [6, 6.07) is 4.19. The summed E-state index contributed by atoms with van der Waals surface area (Å²) in [7, 11) is 0. The number of rotatable bonds is 4. The standard InChI is InChI=1S/C13H18ClNOS/c1-9(2)10-4-3-7-15(10)8-11(16)12-5-6-13(14)17-12/h5-6,9-10H,3-4,7-8H2,1-2H3. The molecule has 94 valence electrons. The van der Waals surface area contributed by atoms with Gasteiger partial charge in [0, 0.05) is 6.04 Å². The third-order valence-corrected chi connectivity index (χ3v) is 4.65. The zero-order valence-corrected chi connectivity index (χ0v) is 11.9. The molecule has 2 heterocycles. The molecule has 0 aromatic carbocycles. The number of carbonyl (C=O) groups is 1. The largest absolute Gasteiger partial charge is 0.293 e. The molecule has 2 nitrogen and oxygen atoms in total. The van der Waals surface area contributed by atoms with Gasteiger partial charge in [-0.25, -0.2) is 0 Å². The van der Waals surface area contributed by atoms with Crippen molar-refractivity contribution in [3.8, 4) is 0 Å². The number of carbonyl (C=O) groups excluding carboxylic acids is 1. The maximum Gasteiger partial charge on any atom is 0.186 e. The molecular formula is C13H18ClNOS. The topological polar surface area (TPSA) is 20.3 Å². The van der Waals surface area contributed by atoms with Crippen molar-refractivity contribution in [2.45, 2.75) is 32.7 Å².